The van der Waals surface area contributed by atoms with Crippen LogP contribution in [0.3, 0.4) is 0 Å². The number of hydrogen-bond acceptors (Lipinski definition) is 4. The molecule has 2 N–H and O–H groups in total. The zero-order valence-electron chi connectivity index (χ0n) is 13.9. The second-order valence-electron chi connectivity index (χ2n) is 5.54. The van der Waals surface area contributed by atoms with E-state index in [-0.39, 0.29) is 10.7 Å². The molecule has 0 aliphatic carbocycles. The van der Waals surface area contributed by atoms with E-state index in [0.717, 1.165) is 5.56 Å². The Balaban J connectivity index is 1.70. The monoisotopic (exact) mass is 369 g/mol. The molecule has 0 fully saturated rings. The lowest BCUT2D eigenvalue weighted by atomic mass is 10.2. The van der Waals surface area contributed by atoms with Crippen LogP contribution in [0.2, 0.25) is 5.15 Å². The first-order valence-electron chi connectivity index (χ1n) is 7.84. The first-order valence-corrected chi connectivity index (χ1v) is 8.21. The molecular formula is C18H16ClN5O2. The minimum Gasteiger partial charge on any atom is -0.267 e. The van der Waals surface area contributed by atoms with Crippen LogP contribution in [0.1, 0.15) is 32.0 Å². The van der Waals surface area contributed by atoms with E-state index >= 15 is 0 Å². The average molecular weight is 370 g/mol. The molecule has 7 nitrogen and oxygen atoms in total. The Morgan fingerprint density at radius 1 is 1.08 bits per heavy atom. The minimum absolute atomic E-state index is 0.208. The summed E-state index contributed by atoms with van der Waals surface area (Å²) in [4.78, 5) is 28.2. The van der Waals surface area contributed by atoms with E-state index < -0.39 is 11.8 Å². The van der Waals surface area contributed by atoms with Crippen LogP contribution in [-0.4, -0.2) is 26.6 Å². The summed E-state index contributed by atoms with van der Waals surface area (Å²) in [6.07, 6.45) is 2.96. The topological polar surface area (TPSA) is 88.9 Å². The third-order valence-electron chi connectivity index (χ3n) is 3.68. The Hall–Kier alpha value is -3.19. The SMILES string of the molecule is Cc1nn(Cc2ccccc2)c(Cl)c1C(=O)NNC(=O)c1cccnc1. The van der Waals surface area contributed by atoms with E-state index in [1.165, 1.54) is 6.20 Å². The van der Waals surface area contributed by atoms with Crippen LogP contribution in [0.5, 0.6) is 0 Å². The second kappa shape index (κ2) is 7.79. The fraction of sp³-hybridized carbons (Fsp3) is 0.111. The normalized spacial score (nSPS) is 10.4. The number of carbonyl (C=O) groups excluding carboxylic acids is 2. The maximum atomic E-state index is 12.4. The van der Waals surface area contributed by atoms with Gasteiger partial charge in [0, 0.05) is 12.4 Å². The van der Waals surface area contributed by atoms with Crippen molar-refractivity contribution in [2.24, 2.45) is 0 Å². The van der Waals surface area contributed by atoms with Crippen LogP contribution < -0.4 is 10.9 Å². The molecule has 3 aromatic rings. The molecule has 26 heavy (non-hydrogen) atoms. The van der Waals surface area contributed by atoms with Crippen molar-refractivity contribution in [2.45, 2.75) is 13.5 Å². The largest absolute Gasteiger partial charge is 0.274 e. The van der Waals surface area contributed by atoms with Crippen LogP contribution in [0.15, 0.2) is 54.9 Å². The van der Waals surface area contributed by atoms with Crippen molar-refractivity contribution in [3.8, 4) is 0 Å². The van der Waals surface area contributed by atoms with Gasteiger partial charge in [-0.05, 0) is 24.6 Å². The third kappa shape index (κ3) is 3.89. The number of nitrogens with zero attached hydrogens (tertiary/aromatic N) is 3. The molecule has 0 aliphatic heterocycles. The predicted octanol–water partition coefficient (Wildman–Crippen LogP) is 2.36. The van der Waals surface area contributed by atoms with Gasteiger partial charge in [-0.25, -0.2) is 4.68 Å². The van der Waals surface area contributed by atoms with Gasteiger partial charge in [0.25, 0.3) is 11.8 Å². The fourth-order valence-electron chi connectivity index (χ4n) is 2.42. The van der Waals surface area contributed by atoms with Gasteiger partial charge in [-0.3, -0.25) is 25.4 Å². The van der Waals surface area contributed by atoms with Gasteiger partial charge in [-0.2, -0.15) is 5.10 Å². The predicted molar refractivity (Wildman–Crippen MR) is 96.7 cm³/mol. The Kier molecular flexibility index (Phi) is 5.28. The molecule has 0 spiro atoms. The lowest BCUT2D eigenvalue weighted by molar-refractivity contribution is 0.0846. The molecule has 132 valence electrons. The molecule has 8 heteroatoms. The smallest absolute Gasteiger partial charge is 0.267 e. The Bertz CT molecular complexity index is 926. The number of pyridine rings is 1. The van der Waals surface area contributed by atoms with Gasteiger partial charge in [0.1, 0.15) is 10.7 Å². The first kappa shape index (κ1) is 17.6. The van der Waals surface area contributed by atoms with Gasteiger partial charge in [0.05, 0.1) is 17.8 Å². The molecule has 3 rings (SSSR count). The van der Waals surface area contributed by atoms with Crippen molar-refractivity contribution in [1.29, 1.82) is 0 Å². The van der Waals surface area contributed by atoms with Crippen molar-refractivity contribution in [2.75, 3.05) is 0 Å². The van der Waals surface area contributed by atoms with Crippen LogP contribution in [-0.2, 0) is 6.54 Å². The summed E-state index contributed by atoms with van der Waals surface area (Å²) in [5, 5.41) is 4.52. The number of aromatic nitrogens is 3. The van der Waals surface area contributed by atoms with Gasteiger partial charge in [0.2, 0.25) is 0 Å². The number of rotatable bonds is 4. The summed E-state index contributed by atoms with van der Waals surface area (Å²) >= 11 is 6.32. The van der Waals surface area contributed by atoms with Crippen molar-refractivity contribution in [3.63, 3.8) is 0 Å². The van der Waals surface area contributed by atoms with Gasteiger partial charge in [-0.15, -0.1) is 0 Å². The third-order valence-corrected chi connectivity index (χ3v) is 4.07. The Morgan fingerprint density at radius 3 is 2.50 bits per heavy atom. The Labute approximate surface area is 155 Å². The standard InChI is InChI=1S/C18H16ClN5O2/c1-12-15(16(19)24(23-12)11-13-6-3-2-4-7-13)18(26)22-21-17(25)14-8-5-9-20-10-14/h2-10H,11H2,1H3,(H,21,25)(H,22,26). The highest BCUT2D eigenvalue weighted by atomic mass is 35.5. The molecule has 0 saturated carbocycles. The number of aryl methyl sites for hydroxylation is 1. The van der Waals surface area contributed by atoms with Crippen molar-refractivity contribution in [1.82, 2.24) is 25.6 Å². The summed E-state index contributed by atoms with van der Waals surface area (Å²) < 4.78 is 1.55. The zero-order chi connectivity index (χ0) is 18.5. The van der Waals surface area contributed by atoms with Gasteiger partial charge < -0.3 is 0 Å². The fourth-order valence-corrected chi connectivity index (χ4v) is 2.74. The summed E-state index contributed by atoms with van der Waals surface area (Å²) in [6.45, 7) is 2.13. The van der Waals surface area contributed by atoms with Crippen molar-refractivity contribution < 1.29 is 9.59 Å². The molecule has 2 amide bonds. The van der Waals surface area contributed by atoms with E-state index in [1.54, 1.807) is 29.9 Å². The number of benzene rings is 1. The molecule has 2 aromatic heterocycles. The van der Waals surface area contributed by atoms with Crippen molar-refractivity contribution in [3.05, 3.63) is 82.4 Å². The van der Waals surface area contributed by atoms with Crippen LogP contribution >= 0.6 is 11.6 Å². The van der Waals surface area contributed by atoms with Gasteiger partial charge >= 0.3 is 0 Å². The second-order valence-corrected chi connectivity index (χ2v) is 5.90. The van der Waals surface area contributed by atoms with E-state index in [2.05, 4.69) is 20.9 Å². The van der Waals surface area contributed by atoms with Gasteiger partial charge in [-0.1, -0.05) is 41.9 Å². The lowest BCUT2D eigenvalue weighted by Gasteiger charge is -2.07. The highest BCUT2D eigenvalue weighted by Crippen LogP contribution is 2.20. The molecule has 1 aromatic carbocycles. The summed E-state index contributed by atoms with van der Waals surface area (Å²) in [7, 11) is 0. The molecule has 0 saturated heterocycles. The first-order chi connectivity index (χ1) is 12.6. The van der Waals surface area contributed by atoms with E-state index in [9.17, 15) is 9.59 Å². The van der Waals surface area contributed by atoms with Crippen molar-refractivity contribution >= 4 is 23.4 Å². The average Bonchev–Trinajstić information content (AvgIpc) is 2.94. The van der Waals surface area contributed by atoms with Crippen LogP contribution in [0.25, 0.3) is 0 Å². The number of hydrazine groups is 1. The molecule has 0 aliphatic rings. The molecule has 0 bridgehead atoms. The van der Waals surface area contributed by atoms with Gasteiger partial charge in [0.15, 0.2) is 0 Å². The number of hydrogen-bond donors (Lipinski definition) is 2. The Morgan fingerprint density at radius 2 is 1.81 bits per heavy atom. The highest BCUT2D eigenvalue weighted by Gasteiger charge is 2.21. The van der Waals surface area contributed by atoms with Crippen LogP contribution in [0, 0.1) is 6.92 Å². The maximum Gasteiger partial charge on any atom is 0.274 e. The molecule has 2 heterocycles. The summed E-state index contributed by atoms with van der Waals surface area (Å²) in [5.74, 6) is -1.01. The number of amides is 2. The molecular weight excluding hydrogens is 354 g/mol. The van der Waals surface area contributed by atoms with E-state index in [1.807, 2.05) is 30.3 Å². The summed E-state index contributed by atoms with van der Waals surface area (Å²) in [6, 6.07) is 12.9. The number of nitrogens with one attached hydrogen (secondary N) is 2. The van der Waals surface area contributed by atoms with Crippen LogP contribution in [0.4, 0.5) is 0 Å². The minimum atomic E-state index is -0.538. The van der Waals surface area contributed by atoms with E-state index in [4.69, 9.17) is 11.6 Å². The molecule has 0 unspecified atom stereocenters. The summed E-state index contributed by atoms with van der Waals surface area (Å²) in [5.41, 5.74) is 6.71. The lowest BCUT2D eigenvalue weighted by Crippen LogP contribution is -2.41. The number of halogens is 1. The zero-order valence-corrected chi connectivity index (χ0v) is 14.7. The van der Waals surface area contributed by atoms with E-state index in [0.29, 0.717) is 17.8 Å². The molecule has 0 atom stereocenters. The number of carbonyl (C=O) groups is 2. The quantitative estimate of drug-likeness (QED) is 0.691. The highest BCUT2D eigenvalue weighted by molar-refractivity contribution is 6.33. The maximum absolute atomic E-state index is 12.4. The molecule has 0 radical (unpaired) electrons.